The summed E-state index contributed by atoms with van der Waals surface area (Å²) in [5, 5.41) is 0. The van der Waals surface area contributed by atoms with E-state index in [0.717, 1.165) is 73.6 Å². The Balaban J connectivity index is 1.74. The second kappa shape index (κ2) is 6.49. The van der Waals surface area contributed by atoms with Gasteiger partial charge in [0.1, 0.15) is 5.52 Å². The number of likely N-dealkylation sites (N-methyl/N-ethyl adjacent to an activating group) is 1. The molecule has 2 aliphatic heterocycles. The van der Waals surface area contributed by atoms with Crippen LogP contribution >= 0.6 is 11.8 Å². The van der Waals surface area contributed by atoms with Crippen LogP contribution in [-0.2, 0) is 0 Å². The molecule has 0 unspecified atom stereocenters. The van der Waals surface area contributed by atoms with Gasteiger partial charge in [-0.05, 0) is 19.2 Å². The standard InChI is InChI=1S/C16H22N6S/c1-20-5-7-22(8-6-20)16-18-13-3-2-4-17-14(13)15(19-16)21-9-11-23-12-10-21/h2-4H,5-12H2,1H3. The fraction of sp³-hybridized carbons (Fsp3) is 0.562. The molecule has 4 rings (SSSR count). The van der Waals surface area contributed by atoms with Crippen molar-refractivity contribution in [2.75, 3.05) is 67.6 Å². The van der Waals surface area contributed by atoms with E-state index in [-0.39, 0.29) is 0 Å². The lowest BCUT2D eigenvalue weighted by molar-refractivity contribution is 0.311. The summed E-state index contributed by atoms with van der Waals surface area (Å²) in [6.45, 7) is 6.16. The van der Waals surface area contributed by atoms with Crippen LogP contribution < -0.4 is 9.80 Å². The van der Waals surface area contributed by atoms with Gasteiger partial charge in [0.2, 0.25) is 5.95 Å². The fourth-order valence-electron chi connectivity index (χ4n) is 3.08. The highest BCUT2D eigenvalue weighted by Gasteiger charge is 2.22. The van der Waals surface area contributed by atoms with Crippen molar-refractivity contribution >= 4 is 34.6 Å². The minimum atomic E-state index is 0.854. The van der Waals surface area contributed by atoms with Gasteiger partial charge in [-0.2, -0.15) is 16.7 Å². The Labute approximate surface area is 140 Å². The van der Waals surface area contributed by atoms with Crippen molar-refractivity contribution in [3.05, 3.63) is 18.3 Å². The predicted molar refractivity (Wildman–Crippen MR) is 96.6 cm³/mol. The van der Waals surface area contributed by atoms with Crippen LogP contribution in [0.15, 0.2) is 18.3 Å². The van der Waals surface area contributed by atoms with Crippen LogP contribution in [0, 0.1) is 0 Å². The van der Waals surface area contributed by atoms with E-state index in [2.05, 4.69) is 26.7 Å². The third-order valence-electron chi connectivity index (χ3n) is 4.52. The summed E-state index contributed by atoms with van der Waals surface area (Å²) in [5.74, 6) is 4.17. The number of fused-ring (bicyclic) bond motifs is 1. The number of rotatable bonds is 2. The van der Waals surface area contributed by atoms with Gasteiger partial charge in [-0.15, -0.1) is 0 Å². The van der Waals surface area contributed by atoms with E-state index in [0.29, 0.717) is 0 Å². The lowest BCUT2D eigenvalue weighted by Gasteiger charge is -2.33. The zero-order chi connectivity index (χ0) is 15.6. The van der Waals surface area contributed by atoms with Crippen molar-refractivity contribution in [1.29, 1.82) is 0 Å². The minimum Gasteiger partial charge on any atom is -0.353 e. The maximum Gasteiger partial charge on any atom is 0.228 e. The molecule has 0 aliphatic carbocycles. The molecule has 6 nitrogen and oxygen atoms in total. The number of anilines is 2. The molecule has 0 saturated carbocycles. The zero-order valence-corrected chi connectivity index (χ0v) is 14.3. The fourth-order valence-corrected chi connectivity index (χ4v) is 3.99. The first-order valence-electron chi connectivity index (χ1n) is 8.20. The van der Waals surface area contributed by atoms with Gasteiger partial charge >= 0.3 is 0 Å². The maximum atomic E-state index is 4.92. The van der Waals surface area contributed by atoms with E-state index in [4.69, 9.17) is 9.97 Å². The number of hydrogen-bond donors (Lipinski definition) is 0. The monoisotopic (exact) mass is 330 g/mol. The van der Waals surface area contributed by atoms with Gasteiger partial charge in [0, 0.05) is 57.0 Å². The molecular formula is C16H22N6S. The summed E-state index contributed by atoms with van der Waals surface area (Å²) in [6.07, 6.45) is 1.84. The van der Waals surface area contributed by atoms with E-state index < -0.39 is 0 Å². The van der Waals surface area contributed by atoms with Crippen molar-refractivity contribution in [2.45, 2.75) is 0 Å². The summed E-state index contributed by atoms with van der Waals surface area (Å²) in [7, 11) is 2.17. The first-order valence-corrected chi connectivity index (χ1v) is 9.36. The summed E-state index contributed by atoms with van der Waals surface area (Å²) < 4.78 is 0. The van der Waals surface area contributed by atoms with Crippen LogP contribution in [0.3, 0.4) is 0 Å². The Morgan fingerprint density at radius 1 is 0.957 bits per heavy atom. The van der Waals surface area contributed by atoms with Crippen molar-refractivity contribution in [2.24, 2.45) is 0 Å². The minimum absolute atomic E-state index is 0.854. The van der Waals surface area contributed by atoms with Crippen LogP contribution in [0.25, 0.3) is 11.0 Å². The molecule has 2 fully saturated rings. The van der Waals surface area contributed by atoms with Gasteiger partial charge in [0.25, 0.3) is 0 Å². The number of nitrogens with zero attached hydrogens (tertiary/aromatic N) is 6. The molecule has 2 aromatic rings. The molecule has 2 aromatic heterocycles. The molecule has 4 heterocycles. The van der Waals surface area contributed by atoms with E-state index in [1.807, 2.05) is 30.1 Å². The van der Waals surface area contributed by atoms with Crippen LogP contribution in [0.2, 0.25) is 0 Å². The Morgan fingerprint density at radius 3 is 2.52 bits per heavy atom. The number of hydrogen-bond acceptors (Lipinski definition) is 7. The molecule has 0 radical (unpaired) electrons. The number of thioether (sulfide) groups is 1. The van der Waals surface area contributed by atoms with Crippen LogP contribution in [-0.4, -0.2) is 77.7 Å². The lowest BCUT2D eigenvalue weighted by atomic mass is 10.3. The SMILES string of the molecule is CN1CCN(c2nc(N3CCSCC3)c3ncccc3n2)CC1. The highest BCUT2D eigenvalue weighted by atomic mass is 32.2. The first-order chi connectivity index (χ1) is 11.3. The average Bonchev–Trinajstić information content (AvgIpc) is 2.62. The Hall–Kier alpha value is -1.60. The highest BCUT2D eigenvalue weighted by Crippen LogP contribution is 2.27. The largest absolute Gasteiger partial charge is 0.353 e. The van der Waals surface area contributed by atoms with Gasteiger partial charge in [0.15, 0.2) is 5.82 Å². The normalized spacial score (nSPS) is 20.2. The maximum absolute atomic E-state index is 4.92. The van der Waals surface area contributed by atoms with Crippen molar-refractivity contribution in [1.82, 2.24) is 19.9 Å². The molecule has 7 heteroatoms. The highest BCUT2D eigenvalue weighted by molar-refractivity contribution is 7.99. The van der Waals surface area contributed by atoms with E-state index in [1.54, 1.807) is 0 Å². The van der Waals surface area contributed by atoms with Crippen molar-refractivity contribution < 1.29 is 0 Å². The molecule has 0 bridgehead atoms. The van der Waals surface area contributed by atoms with Gasteiger partial charge in [0.05, 0.1) is 5.52 Å². The van der Waals surface area contributed by atoms with E-state index in [9.17, 15) is 0 Å². The quantitative estimate of drug-likeness (QED) is 0.823. The smallest absolute Gasteiger partial charge is 0.228 e. The Morgan fingerprint density at radius 2 is 1.74 bits per heavy atom. The van der Waals surface area contributed by atoms with Gasteiger partial charge < -0.3 is 14.7 Å². The molecule has 2 aliphatic rings. The van der Waals surface area contributed by atoms with E-state index in [1.165, 1.54) is 0 Å². The summed E-state index contributed by atoms with van der Waals surface area (Å²) in [4.78, 5) is 21.3. The van der Waals surface area contributed by atoms with Crippen molar-refractivity contribution in [3.63, 3.8) is 0 Å². The van der Waals surface area contributed by atoms with Crippen molar-refractivity contribution in [3.8, 4) is 0 Å². The number of pyridine rings is 1. The average molecular weight is 330 g/mol. The zero-order valence-electron chi connectivity index (χ0n) is 13.5. The molecule has 0 N–H and O–H groups in total. The molecule has 2 saturated heterocycles. The molecule has 0 aromatic carbocycles. The number of aromatic nitrogens is 3. The molecule has 0 amide bonds. The molecule has 0 spiro atoms. The summed E-state index contributed by atoms with van der Waals surface area (Å²) in [6, 6.07) is 4.00. The first kappa shape index (κ1) is 15.0. The third-order valence-corrected chi connectivity index (χ3v) is 5.46. The summed E-state index contributed by atoms with van der Waals surface area (Å²) in [5.41, 5.74) is 1.88. The topological polar surface area (TPSA) is 48.4 Å². The molecule has 23 heavy (non-hydrogen) atoms. The van der Waals surface area contributed by atoms with E-state index >= 15 is 0 Å². The van der Waals surface area contributed by atoms with Gasteiger partial charge in [-0.25, -0.2) is 4.98 Å². The van der Waals surface area contributed by atoms with Crippen LogP contribution in [0.5, 0.6) is 0 Å². The van der Waals surface area contributed by atoms with Crippen LogP contribution in [0.1, 0.15) is 0 Å². The lowest BCUT2D eigenvalue weighted by Crippen LogP contribution is -2.45. The Bertz CT molecular complexity index is 679. The van der Waals surface area contributed by atoms with Gasteiger partial charge in [-0.1, -0.05) is 0 Å². The predicted octanol–water partition coefficient (Wildman–Crippen LogP) is 1.33. The summed E-state index contributed by atoms with van der Waals surface area (Å²) >= 11 is 2.01. The number of piperazine rings is 1. The second-order valence-corrected chi connectivity index (χ2v) is 7.33. The third kappa shape index (κ3) is 3.07. The second-order valence-electron chi connectivity index (χ2n) is 6.11. The molecule has 0 atom stereocenters. The molecule has 122 valence electrons. The van der Waals surface area contributed by atoms with Crippen LogP contribution in [0.4, 0.5) is 11.8 Å². The Kier molecular flexibility index (Phi) is 4.22. The molecular weight excluding hydrogens is 308 g/mol. The van der Waals surface area contributed by atoms with Gasteiger partial charge in [-0.3, -0.25) is 4.98 Å².